The van der Waals surface area contributed by atoms with Crippen molar-refractivity contribution in [1.29, 1.82) is 0 Å². The molecular formula is C15H19F2N3O. The molecule has 0 saturated heterocycles. The second-order valence-corrected chi connectivity index (χ2v) is 5.24. The molecule has 0 aliphatic carbocycles. The number of aryl methyl sites for hydroxylation is 1. The van der Waals surface area contributed by atoms with Gasteiger partial charge >= 0.3 is 0 Å². The first-order valence-corrected chi connectivity index (χ1v) is 7.04. The van der Waals surface area contributed by atoms with Gasteiger partial charge in [-0.25, -0.2) is 8.78 Å². The summed E-state index contributed by atoms with van der Waals surface area (Å²) in [6.45, 7) is 2.79. The van der Waals surface area contributed by atoms with Crippen molar-refractivity contribution in [3.8, 4) is 0 Å². The van der Waals surface area contributed by atoms with E-state index in [1.807, 2.05) is 0 Å². The summed E-state index contributed by atoms with van der Waals surface area (Å²) in [6.07, 6.45) is 2.75. The average molecular weight is 295 g/mol. The molecule has 4 nitrogen and oxygen atoms in total. The molecule has 0 amide bonds. The predicted octanol–water partition coefficient (Wildman–Crippen LogP) is 2.86. The van der Waals surface area contributed by atoms with Gasteiger partial charge in [-0.15, -0.1) is 0 Å². The van der Waals surface area contributed by atoms with Crippen LogP contribution in [0.25, 0.3) is 0 Å². The fourth-order valence-corrected chi connectivity index (χ4v) is 2.10. The zero-order chi connectivity index (χ0) is 15.2. The molecule has 1 aromatic carbocycles. The Bertz CT molecular complexity index is 586. The highest BCUT2D eigenvalue weighted by atomic mass is 19.1. The molecule has 2 rings (SSSR count). The van der Waals surface area contributed by atoms with E-state index in [0.717, 1.165) is 18.9 Å². The van der Waals surface area contributed by atoms with Gasteiger partial charge in [-0.1, -0.05) is 18.1 Å². The quantitative estimate of drug-likeness (QED) is 0.853. The van der Waals surface area contributed by atoms with Gasteiger partial charge < -0.3 is 10.3 Å². The van der Waals surface area contributed by atoms with Crippen LogP contribution < -0.4 is 5.73 Å². The minimum Gasteiger partial charge on any atom is -0.339 e. The lowest BCUT2D eigenvalue weighted by Gasteiger charge is -2.06. The Balaban J connectivity index is 1.93. The first-order chi connectivity index (χ1) is 10.1. The van der Waals surface area contributed by atoms with Crippen molar-refractivity contribution in [2.24, 2.45) is 11.7 Å². The van der Waals surface area contributed by atoms with Crippen LogP contribution in [0, 0.1) is 17.6 Å². The van der Waals surface area contributed by atoms with Crippen molar-refractivity contribution in [3.05, 3.63) is 47.1 Å². The van der Waals surface area contributed by atoms with Crippen molar-refractivity contribution < 1.29 is 13.3 Å². The molecule has 0 aliphatic rings. The van der Waals surface area contributed by atoms with Crippen LogP contribution in [0.3, 0.4) is 0 Å². The summed E-state index contributed by atoms with van der Waals surface area (Å²) in [6, 6.07) is 3.46. The molecule has 0 saturated carbocycles. The molecule has 1 heterocycles. The molecule has 2 aromatic rings. The van der Waals surface area contributed by atoms with E-state index in [1.165, 1.54) is 12.1 Å². The lowest BCUT2D eigenvalue weighted by atomic mass is 10.0. The Morgan fingerprint density at radius 3 is 2.81 bits per heavy atom. The van der Waals surface area contributed by atoms with Gasteiger partial charge in [-0.05, 0) is 36.9 Å². The molecule has 21 heavy (non-hydrogen) atoms. The van der Waals surface area contributed by atoms with Gasteiger partial charge in [0.05, 0.1) is 0 Å². The van der Waals surface area contributed by atoms with Crippen LogP contribution in [0.5, 0.6) is 0 Å². The molecule has 6 heteroatoms. The maximum atomic E-state index is 13.5. The minimum absolute atomic E-state index is 0.188. The van der Waals surface area contributed by atoms with Crippen molar-refractivity contribution in [2.45, 2.75) is 32.6 Å². The Morgan fingerprint density at radius 2 is 2.10 bits per heavy atom. The van der Waals surface area contributed by atoms with Crippen molar-refractivity contribution in [3.63, 3.8) is 0 Å². The van der Waals surface area contributed by atoms with Gasteiger partial charge in [0.15, 0.2) is 5.82 Å². The van der Waals surface area contributed by atoms with E-state index >= 15 is 0 Å². The van der Waals surface area contributed by atoms with Crippen LogP contribution >= 0.6 is 0 Å². The highest BCUT2D eigenvalue weighted by Crippen LogP contribution is 2.15. The first-order valence-electron chi connectivity index (χ1n) is 7.04. The topological polar surface area (TPSA) is 64.9 Å². The van der Waals surface area contributed by atoms with Gasteiger partial charge in [0.1, 0.15) is 11.6 Å². The van der Waals surface area contributed by atoms with Crippen molar-refractivity contribution in [1.82, 2.24) is 10.1 Å². The fourth-order valence-electron chi connectivity index (χ4n) is 2.10. The summed E-state index contributed by atoms with van der Waals surface area (Å²) < 4.78 is 31.5. The summed E-state index contributed by atoms with van der Waals surface area (Å²) in [4.78, 5) is 4.23. The zero-order valence-corrected chi connectivity index (χ0v) is 12.0. The summed E-state index contributed by atoms with van der Waals surface area (Å²) in [7, 11) is 0. The zero-order valence-electron chi connectivity index (χ0n) is 12.0. The smallest absolute Gasteiger partial charge is 0.226 e. The molecule has 0 spiro atoms. The molecule has 114 valence electrons. The number of halogens is 2. The van der Waals surface area contributed by atoms with Crippen molar-refractivity contribution in [2.75, 3.05) is 6.54 Å². The molecule has 0 aliphatic heterocycles. The number of benzene rings is 1. The summed E-state index contributed by atoms with van der Waals surface area (Å²) in [5.74, 6) is 0.245. The summed E-state index contributed by atoms with van der Waals surface area (Å²) >= 11 is 0. The average Bonchev–Trinajstić information content (AvgIpc) is 2.88. The SMILES string of the molecule is CC(CCN)CCc1nc(Cc2ccc(F)cc2F)no1. The van der Waals surface area contributed by atoms with E-state index in [-0.39, 0.29) is 6.42 Å². The molecule has 1 atom stereocenters. The van der Waals surface area contributed by atoms with Gasteiger partial charge in [-0.2, -0.15) is 4.98 Å². The van der Waals surface area contributed by atoms with Crippen LogP contribution in [-0.4, -0.2) is 16.7 Å². The lowest BCUT2D eigenvalue weighted by Crippen LogP contribution is -2.06. The standard InChI is InChI=1S/C15H19F2N3O/c1-10(6-7-18)2-5-15-19-14(20-21-15)8-11-3-4-12(16)9-13(11)17/h3-4,9-10H,2,5-8,18H2,1H3. The number of aromatic nitrogens is 2. The van der Waals surface area contributed by atoms with E-state index in [0.29, 0.717) is 36.2 Å². The molecule has 0 radical (unpaired) electrons. The highest BCUT2D eigenvalue weighted by Gasteiger charge is 2.11. The van der Waals surface area contributed by atoms with Gasteiger partial charge in [0, 0.05) is 18.9 Å². The van der Waals surface area contributed by atoms with E-state index in [1.54, 1.807) is 0 Å². The van der Waals surface area contributed by atoms with Gasteiger partial charge in [-0.3, -0.25) is 0 Å². The Morgan fingerprint density at radius 1 is 1.29 bits per heavy atom. The number of hydrogen-bond donors (Lipinski definition) is 1. The Hall–Kier alpha value is -1.82. The van der Waals surface area contributed by atoms with Gasteiger partial charge in [0.2, 0.25) is 5.89 Å². The molecule has 1 aromatic heterocycles. The summed E-state index contributed by atoms with van der Waals surface area (Å²) in [5, 5.41) is 3.83. The maximum absolute atomic E-state index is 13.5. The largest absolute Gasteiger partial charge is 0.339 e. The predicted molar refractivity (Wildman–Crippen MR) is 74.6 cm³/mol. The number of rotatable bonds is 7. The molecule has 0 fully saturated rings. The molecule has 0 bridgehead atoms. The Kier molecular flexibility index (Phi) is 5.38. The van der Waals surface area contributed by atoms with E-state index < -0.39 is 11.6 Å². The van der Waals surface area contributed by atoms with Crippen LogP contribution in [0.1, 0.15) is 37.0 Å². The van der Waals surface area contributed by atoms with E-state index in [4.69, 9.17) is 10.3 Å². The molecule has 1 unspecified atom stereocenters. The maximum Gasteiger partial charge on any atom is 0.226 e. The molecular weight excluding hydrogens is 276 g/mol. The van der Waals surface area contributed by atoms with Crippen LogP contribution in [0.15, 0.2) is 22.7 Å². The lowest BCUT2D eigenvalue weighted by molar-refractivity contribution is 0.358. The molecule has 2 N–H and O–H groups in total. The van der Waals surface area contributed by atoms with Gasteiger partial charge in [0.25, 0.3) is 0 Å². The minimum atomic E-state index is -0.599. The third kappa shape index (κ3) is 4.60. The normalized spacial score (nSPS) is 12.6. The number of nitrogens with two attached hydrogens (primary N) is 1. The second kappa shape index (κ2) is 7.26. The number of nitrogens with zero attached hydrogens (tertiary/aromatic N) is 2. The van der Waals surface area contributed by atoms with E-state index in [9.17, 15) is 8.78 Å². The van der Waals surface area contributed by atoms with Crippen LogP contribution in [0.4, 0.5) is 8.78 Å². The van der Waals surface area contributed by atoms with E-state index in [2.05, 4.69) is 17.1 Å². The third-order valence-corrected chi connectivity index (χ3v) is 3.38. The third-order valence-electron chi connectivity index (χ3n) is 3.38. The Labute approximate surface area is 122 Å². The first kappa shape index (κ1) is 15.6. The summed E-state index contributed by atoms with van der Waals surface area (Å²) in [5.41, 5.74) is 5.85. The van der Waals surface area contributed by atoms with Crippen LogP contribution in [-0.2, 0) is 12.8 Å². The van der Waals surface area contributed by atoms with Crippen LogP contribution in [0.2, 0.25) is 0 Å². The monoisotopic (exact) mass is 295 g/mol. The highest BCUT2D eigenvalue weighted by molar-refractivity contribution is 5.21. The fraction of sp³-hybridized carbons (Fsp3) is 0.467. The van der Waals surface area contributed by atoms with Crippen molar-refractivity contribution >= 4 is 0 Å². The second-order valence-electron chi connectivity index (χ2n) is 5.24. The number of hydrogen-bond acceptors (Lipinski definition) is 4.